The van der Waals surface area contributed by atoms with E-state index in [1.54, 1.807) is 18.2 Å². The Labute approximate surface area is 145 Å². The van der Waals surface area contributed by atoms with E-state index in [0.717, 1.165) is 30.5 Å². The quantitative estimate of drug-likeness (QED) is 0.805. The summed E-state index contributed by atoms with van der Waals surface area (Å²) in [7, 11) is 1.47. The first-order chi connectivity index (χ1) is 12.0. The van der Waals surface area contributed by atoms with Crippen molar-refractivity contribution in [2.24, 2.45) is 0 Å². The Balaban J connectivity index is 1.76. The van der Waals surface area contributed by atoms with Gasteiger partial charge in [0.1, 0.15) is 11.6 Å². The Morgan fingerprint density at radius 1 is 1.20 bits per heavy atom. The molecule has 0 heterocycles. The van der Waals surface area contributed by atoms with Gasteiger partial charge in [0.15, 0.2) is 11.5 Å². The lowest BCUT2D eigenvalue weighted by Gasteiger charge is -2.25. The monoisotopic (exact) mass is 349 g/mol. The molecule has 0 aromatic heterocycles. The molecule has 1 unspecified atom stereocenters. The zero-order valence-corrected chi connectivity index (χ0v) is 14.0. The van der Waals surface area contributed by atoms with Crippen molar-refractivity contribution in [2.45, 2.75) is 31.5 Å². The van der Waals surface area contributed by atoms with Crippen LogP contribution in [0.25, 0.3) is 0 Å². The van der Waals surface area contributed by atoms with Crippen LogP contribution < -0.4 is 4.74 Å². The topological polar surface area (TPSA) is 52.9 Å². The number of halogens is 2. The Morgan fingerprint density at radius 3 is 2.48 bits per heavy atom. The van der Waals surface area contributed by atoms with Crippen molar-refractivity contribution < 1.29 is 23.7 Å². The first-order valence-corrected chi connectivity index (χ1v) is 8.21. The van der Waals surface area contributed by atoms with Gasteiger partial charge in [-0.05, 0) is 42.7 Å². The van der Waals surface area contributed by atoms with E-state index in [-0.39, 0.29) is 23.9 Å². The maximum atomic E-state index is 13.9. The number of benzene rings is 2. The number of methoxy groups -OCH3 is 1. The fraction of sp³-hybridized carbons (Fsp3) is 0.368. The third kappa shape index (κ3) is 4.08. The fourth-order valence-electron chi connectivity index (χ4n) is 2.98. The standard InChI is InChI=1S/C19H21F2NO3/c1-25-18-9-12(5-8-16(18)23)10-22(13-6-7-13)11-17(24)19-14(20)3-2-4-15(19)21/h2-5,8-9,13,17,23-24H,6-7,10-11H2,1H3. The number of nitrogens with zero attached hydrogens (tertiary/aromatic N) is 1. The molecule has 3 rings (SSSR count). The van der Waals surface area contributed by atoms with Gasteiger partial charge in [-0.15, -0.1) is 0 Å². The summed E-state index contributed by atoms with van der Waals surface area (Å²) in [5.41, 5.74) is 0.596. The average molecular weight is 349 g/mol. The molecule has 1 aliphatic carbocycles. The Bertz CT molecular complexity index is 729. The molecule has 2 N–H and O–H groups in total. The van der Waals surface area contributed by atoms with Crippen molar-refractivity contribution in [3.63, 3.8) is 0 Å². The minimum Gasteiger partial charge on any atom is -0.504 e. The summed E-state index contributed by atoms with van der Waals surface area (Å²) in [5, 5.41) is 20.0. The predicted octanol–water partition coefficient (Wildman–Crippen LogP) is 3.38. The predicted molar refractivity (Wildman–Crippen MR) is 89.4 cm³/mol. The van der Waals surface area contributed by atoms with Gasteiger partial charge in [-0.3, -0.25) is 4.90 Å². The van der Waals surface area contributed by atoms with Gasteiger partial charge in [0.25, 0.3) is 0 Å². The van der Waals surface area contributed by atoms with Crippen molar-refractivity contribution in [1.29, 1.82) is 0 Å². The van der Waals surface area contributed by atoms with Crippen LogP contribution in [-0.4, -0.2) is 34.8 Å². The van der Waals surface area contributed by atoms with Gasteiger partial charge in [-0.2, -0.15) is 0 Å². The number of hydrogen-bond acceptors (Lipinski definition) is 4. The Hall–Kier alpha value is -2.18. The lowest BCUT2D eigenvalue weighted by atomic mass is 10.1. The highest BCUT2D eigenvalue weighted by Gasteiger charge is 2.32. The van der Waals surface area contributed by atoms with Gasteiger partial charge >= 0.3 is 0 Å². The van der Waals surface area contributed by atoms with Crippen molar-refractivity contribution in [1.82, 2.24) is 4.90 Å². The number of aliphatic hydroxyl groups is 1. The maximum Gasteiger partial charge on any atom is 0.160 e. The molecular formula is C19H21F2NO3. The van der Waals surface area contributed by atoms with E-state index < -0.39 is 17.7 Å². The molecule has 0 saturated heterocycles. The van der Waals surface area contributed by atoms with E-state index in [2.05, 4.69) is 0 Å². The molecule has 0 aliphatic heterocycles. The summed E-state index contributed by atoms with van der Waals surface area (Å²) < 4.78 is 32.9. The second kappa shape index (κ2) is 7.37. The molecule has 1 aliphatic rings. The largest absolute Gasteiger partial charge is 0.504 e. The highest BCUT2D eigenvalue weighted by atomic mass is 19.1. The molecule has 134 valence electrons. The van der Waals surface area contributed by atoms with E-state index in [4.69, 9.17) is 4.74 Å². The van der Waals surface area contributed by atoms with Crippen LogP contribution in [0.1, 0.15) is 30.1 Å². The highest BCUT2D eigenvalue weighted by Crippen LogP contribution is 2.33. The average Bonchev–Trinajstić information content (AvgIpc) is 3.40. The van der Waals surface area contributed by atoms with Crippen LogP contribution in [0.2, 0.25) is 0 Å². The van der Waals surface area contributed by atoms with E-state index in [9.17, 15) is 19.0 Å². The van der Waals surface area contributed by atoms with Gasteiger partial charge in [0, 0.05) is 19.1 Å². The van der Waals surface area contributed by atoms with Gasteiger partial charge in [-0.1, -0.05) is 12.1 Å². The first-order valence-electron chi connectivity index (χ1n) is 8.21. The normalized spacial score (nSPS) is 15.4. The third-order valence-corrected chi connectivity index (χ3v) is 4.43. The summed E-state index contributed by atoms with van der Waals surface area (Å²) in [6, 6.07) is 8.89. The molecule has 0 spiro atoms. The number of phenols is 1. The van der Waals surface area contributed by atoms with Crippen LogP contribution >= 0.6 is 0 Å². The molecule has 25 heavy (non-hydrogen) atoms. The Kier molecular flexibility index (Phi) is 5.20. The van der Waals surface area contributed by atoms with Gasteiger partial charge in [-0.25, -0.2) is 8.78 Å². The molecule has 4 nitrogen and oxygen atoms in total. The maximum absolute atomic E-state index is 13.9. The molecule has 0 bridgehead atoms. The first kappa shape index (κ1) is 17.6. The highest BCUT2D eigenvalue weighted by molar-refractivity contribution is 5.41. The fourth-order valence-corrected chi connectivity index (χ4v) is 2.98. The second-order valence-corrected chi connectivity index (χ2v) is 6.32. The SMILES string of the molecule is COc1cc(CN(CC(O)c2c(F)cccc2F)C2CC2)ccc1O. The molecule has 1 atom stereocenters. The van der Waals surface area contributed by atoms with Crippen LogP contribution in [0, 0.1) is 11.6 Å². The van der Waals surface area contributed by atoms with Crippen molar-refractivity contribution in [2.75, 3.05) is 13.7 Å². The zero-order chi connectivity index (χ0) is 18.0. The zero-order valence-electron chi connectivity index (χ0n) is 14.0. The van der Waals surface area contributed by atoms with Crippen molar-refractivity contribution >= 4 is 0 Å². The molecule has 2 aromatic carbocycles. The van der Waals surface area contributed by atoms with Gasteiger partial charge in [0.2, 0.25) is 0 Å². The van der Waals surface area contributed by atoms with Crippen LogP contribution in [0.4, 0.5) is 8.78 Å². The van der Waals surface area contributed by atoms with Gasteiger partial charge < -0.3 is 14.9 Å². The summed E-state index contributed by atoms with van der Waals surface area (Å²) in [4.78, 5) is 2.00. The number of ether oxygens (including phenoxy) is 1. The second-order valence-electron chi connectivity index (χ2n) is 6.32. The van der Waals surface area contributed by atoms with E-state index >= 15 is 0 Å². The number of rotatable bonds is 7. The van der Waals surface area contributed by atoms with Crippen molar-refractivity contribution in [3.05, 3.63) is 59.2 Å². The van der Waals surface area contributed by atoms with Crippen molar-refractivity contribution in [3.8, 4) is 11.5 Å². The molecule has 0 radical (unpaired) electrons. The van der Waals surface area contributed by atoms with Gasteiger partial charge in [0.05, 0.1) is 18.8 Å². The smallest absolute Gasteiger partial charge is 0.160 e. The minimum atomic E-state index is -1.25. The number of aromatic hydroxyl groups is 1. The van der Waals surface area contributed by atoms with Crippen LogP contribution in [0.15, 0.2) is 36.4 Å². The molecule has 6 heteroatoms. The van der Waals surface area contributed by atoms with Crippen LogP contribution in [0.3, 0.4) is 0 Å². The molecule has 0 amide bonds. The lowest BCUT2D eigenvalue weighted by molar-refractivity contribution is 0.0984. The van der Waals surface area contributed by atoms with E-state index in [1.807, 2.05) is 4.90 Å². The number of phenolic OH excluding ortho intramolecular Hbond substituents is 1. The summed E-state index contributed by atoms with van der Waals surface area (Å²) >= 11 is 0. The van der Waals surface area contributed by atoms with E-state index in [0.29, 0.717) is 12.3 Å². The summed E-state index contributed by atoms with van der Waals surface area (Å²) in [6.07, 6.45) is 0.726. The summed E-state index contributed by atoms with van der Waals surface area (Å²) in [5.74, 6) is -1.06. The minimum absolute atomic E-state index is 0.0534. The molecule has 2 aromatic rings. The van der Waals surface area contributed by atoms with Crippen LogP contribution in [0.5, 0.6) is 11.5 Å². The number of hydrogen-bond donors (Lipinski definition) is 2. The molecule has 1 saturated carbocycles. The third-order valence-electron chi connectivity index (χ3n) is 4.43. The Morgan fingerprint density at radius 2 is 1.88 bits per heavy atom. The lowest BCUT2D eigenvalue weighted by Crippen LogP contribution is -2.31. The van der Waals surface area contributed by atoms with Crippen LogP contribution in [-0.2, 0) is 6.54 Å². The van der Waals surface area contributed by atoms with E-state index in [1.165, 1.54) is 13.2 Å². The number of aliphatic hydroxyl groups excluding tert-OH is 1. The summed E-state index contributed by atoms with van der Waals surface area (Å²) in [6.45, 7) is 0.625. The molecular weight excluding hydrogens is 328 g/mol. The molecule has 1 fully saturated rings.